The molecule has 0 spiro atoms. The van der Waals surface area contributed by atoms with E-state index < -0.39 is 19.1 Å². The lowest BCUT2D eigenvalue weighted by Crippen LogP contribution is -2.49. The summed E-state index contributed by atoms with van der Waals surface area (Å²) in [4.78, 5) is 22.2. The van der Waals surface area contributed by atoms with Gasteiger partial charge in [-0.15, -0.1) is 0 Å². The van der Waals surface area contributed by atoms with Crippen molar-refractivity contribution in [2.45, 2.75) is 46.2 Å². The Bertz CT molecular complexity index is 781. The number of hydrogen-bond donors (Lipinski definition) is 1. The lowest BCUT2D eigenvalue weighted by atomic mass is 10.1. The molecule has 28 heavy (non-hydrogen) atoms. The average molecular weight is 419 g/mol. The minimum atomic E-state index is -4.48. The van der Waals surface area contributed by atoms with E-state index in [1.165, 1.54) is 12.3 Å². The van der Waals surface area contributed by atoms with Crippen molar-refractivity contribution in [3.05, 3.63) is 34.6 Å². The van der Waals surface area contributed by atoms with Crippen LogP contribution in [0.5, 0.6) is 5.88 Å². The van der Waals surface area contributed by atoms with Crippen LogP contribution in [0.3, 0.4) is 0 Å². The molecule has 1 aromatic heterocycles. The van der Waals surface area contributed by atoms with Crippen LogP contribution >= 0.6 is 11.6 Å². The molecule has 1 aliphatic heterocycles. The molecule has 1 amide bonds. The standard InChI is InChI=1S/C18H22ClF3N4O2/c1-10(2)15(27)25-17-23-6-5-11(3)26(17)12(4)13-7-14(19)16(24-8-13)28-9-18(20,21)22/h5-8,10,12,17H,9H2,1-4H3,(H,25,27). The fraction of sp³-hybridized carbons (Fsp3) is 0.500. The summed E-state index contributed by atoms with van der Waals surface area (Å²) < 4.78 is 41.6. The summed E-state index contributed by atoms with van der Waals surface area (Å²) in [6.45, 7) is 5.81. The van der Waals surface area contributed by atoms with Gasteiger partial charge in [-0.05, 0) is 31.6 Å². The van der Waals surface area contributed by atoms with E-state index in [1.807, 2.05) is 18.7 Å². The second kappa shape index (κ2) is 8.81. The van der Waals surface area contributed by atoms with Crippen molar-refractivity contribution >= 4 is 23.7 Å². The van der Waals surface area contributed by atoms with E-state index in [2.05, 4.69) is 20.0 Å². The highest BCUT2D eigenvalue weighted by Crippen LogP contribution is 2.32. The Hall–Kier alpha value is -2.29. The molecule has 0 fully saturated rings. The van der Waals surface area contributed by atoms with Gasteiger partial charge in [0.2, 0.25) is 11.8 Å². The molecule has 0 radical (unpaired) electrons. The Morgan fingerprint density at radius 1 is 1.39 bits per heavy atom. The van der Waals surface area contributed by atoms with Gasteiger partial charge in [0.05, 0.1) is 6.04 Å². The second-order valence-corrected chi connectivity index (χ2v) is 7.09. The molecule has 0 bridgehead atoms. The number of carbonyl (C=O) groups excluding carboxylic acids is 1. The summed E-state index contributed by atoms with van der Waals surface area (Å²) in [6.07, 6.45) is -0.287. The molecule has 0 aromatic carbocycles. The first-order chi connectivity index (χ1) is 13.0. The smallest absolute Gasteiger partial charge is 0.422 e. The van der Waals surface area contributed by atoms with Gasteiger partial charge in [-0.25, -0.2) is 9.98 Å². The van der Waals surface area contributed by atoms with Crippen LogP contribution in [-0.4, -0.2) is 41.1 Å². The Kier molecular flexibility index (Phi) is 6.92. The van der Waals surface area contributed by atoms with Crippen molar-refractivity contribution in [2.24, 2.45) is 10.9 Å². The van der Waals surface area contributed by atoms with Crippen molar-refractivity contribution in [1.82, 2.24) is 15.2 Å². The van der Waals surface area contributed by atoms with Crippen LogP contribution < -0.4 is 10.1 Å². The Morgan fingerprint density at radius 2 is 2.07 bits per heavy atom. The van der Waals surface area contributed by atoms with Crippen LogP contribution in [0.1, 0.15) is 39.3 Å². The molecule has 1 aromatic rings. The molecular weight excluding hydrogens is 397 g/mol. The third-order valence-electron chi connectivity index (χ3n) is 4.11. The molecule has 1 N–H and O–H groups in total. The van der Waals surface area contributed by atoms with E-state index >= 15 is 0 Å². The van der Waals surface area contributed by atoms with Gasteiger partial charge < -0.3 is 15.0 Å². The van der Waals surface area contributed by atoms with Crippen molar-refractivity contribution in [3.63, 3.8) is 0 Å². The molecule has 154 valence electrons. The third kappa shape index (κ3) is 5.60. The minimum Gasteiger partial charge on any atom is -0.467 e. The molecule has 2 unspecified atom stereocenters. The van der Waals surface area contributed by atoms with Crippen LogP contribution in [0.4, 0.5) is 13.2 Å². The summed E-state index contributed by atoms with van der Waals surface area (Å²) in [5, 5.41) is 2.83. The first-order valence-electron chi connectivity index (χ1n) is 8.63. The summed E-state index contributed by atoms with van der Waals surface area (Å²) in [5.41, 5.74) is 1.49. The number of amides is 1. The molecular formula is C18H22ClF3N4O2. The fourth-order valence-corrected chi connectivity index (χ4v) is 2.82. The molecule has 1 aliphatic rings. The summed E-state index contributed by atoms with van der Waals surface area (Å²) in [5.74, 6) is -0.649. The largest absolute Gasteiger partial charge is 0.467 e. The first kappa shape index (κ1) is 22.0. The number of aromatic nitrogens is 1. The Morgan fingerprint density at radius 3 is 2.64 bits per heavy atom. The highest BCUT2D eigenvalue weighted by molar-refractivity contribution is 6.31. The number of ether oxygens (including phenoxy) is 1. The number of nitrogens with one attached hydrogen (secondary N) is 1. The number of rotatable bonds is 6. The highest BCUT2D eigenvalue weighted by atomic mass is 35.5. The van der Waals surface area contributed by atoms with Crippen molar-refractivity contribution in [1.29, 1.82) is 0 Å². The van der Waals surface area contributed by atoms with Gasteiger partial charge in [0.1, 0.15) is 5.02 Å². The van der Waals surface area contributed by atoms with E-state index in [9.17, 15) is 18.0 Å². The second-order valence-electron chi connectivity index (χ2n) is 6.69. The lowest BCUT2D eigenvalue weighted by molar-refractivity contribution is -0.154. The molecule has 10 heteroatoms. The van der Waals surface area contributed by atoms with Gasteiger partial charge in [-0.2, -0.15) is 13.2 Å². The number of aliphatic imine (C=N–C) groups is 1. The van der Waals surface area contributed by atoms with E-state index in [-0.39, 0.29) is 28.8 Å². The van der Waals surface area contributed by atoms with E-state index in [0.29, 0.717) is 5.56 Å². The lowest BCUT2D eigenvalue weighted by Gasteiger charge is -2.39. The summed E-state index contributed by atoms with van der Waals surface area (Å²) in [6, 6.07) is 1.19. The van der Waals surface area contributed by atoms with E-state index in [0.717, 1.165) is 5.70 Å². The van der Waals surface area contributed by atoms with Gasteiger partial charge in [0.25, 0.3) is 0 Å². The quantitative estimate of drug-likeness (QED) is 0.755. The van der Waals surface area contributed by atoms with Gasteiger partial charge in [-0.3, -0.25) is 4.79 Å². The molecule has 2 rings (SSSR count). The number of allylic oxidation sites excluding steroid dienone is 2. The van der Waals surface area contributed by atoms with Crippen LogP contribution in [-0.2, 0) is 4.79 Å². The number of nitrogens with zero attached hydrogens (tertiary/aromatic N) is 3. The van der Waals surface area contributed by atoms with Crippen molar-refractivity contribution in [2.75, 3.05) is 6.61 Å². The molecule has 6 nitrogen and oxygen atoms in total. The zero-order chi connectivity index (χ0) is 21.1. The van der Waals surface area contributed by atoms with Crippen molar-refractivity contribution in [3.8, 4) is 5.88 Å². The monoisotopic (exact) mass is 418 g/mol. The van der Waals surface area contributed by atoms with Crippen LogP contribution in [0, 0.1) is 5.92 Å². The predicted octanol–water partition coefficient (Wildman–Crippen LogP) is 4.08. The topological polar surface area (TPSA) is 66.8 Å². The maximum absolute atomic E-state index is 12.3. The maximum atomic E-state index is 12.3. The third-order valence-corrected chi connectivity index (χ3v) is 4.38. The van der Waals surface area contributed by atoms with Gasteiger partial charge in [0, 0.05) is 24.0 Å². The number of pyridine rings is 1. The molecule has 2 heterocycles. The van der Waals surface area contributed by atoms with Crippen LogP contribution in [0.15, 0.2) is 29.0 Å². The normalized spacial score (nSPS) is 18.1. The molecule has 2 atom stereocenters. The first-order valence-corrected chi connectivity index (χ1v) is 9.01. The minimum absolute atomic E-state index is 0.0292. The number of halogens is 4. The fourth-order valence-electron chi connectivity index (χ4n) is 2.59. The molecule has 0 saturated carbocycles. The zero-order valence-corrected chi connectivity index (χ0v) is 16.7. The predicted molar refractivity (Wildman–Crippen MR) is 100 cm³/mol. The summed E-state index contributed by atoms with van der Waals surface area (Å²) >= 11 is 6.05. The summed E-state index contributed by atoms with van der Waals surface area (Å²) in [7, 11) is 0. The van der Waals surface area contributed by atoms with Gasteiger partial charge in [-0.1, -0.05) is 25.4 Å². The maximum Gasteiger partial charge on any atom is 0.422 e. The zero-order valence-electron chi connectivity index (χ0n) is 15.9. The SMILES string of the molecule is CC1=CC=NC(NC(=O)C(C)C)N1C(C)c1cnc(OCC(F)(F)F)c(Cl)c1. The van der Waals surface area contributed by atoms with Gasteiger partial charge >= 0.3 is 6.18 Å². The average Bonchev–Trinajstić information content (AvgIpc) is 2.59. The Labute approximate surface area is 166 Å². The van der Waals surface area contributed by atoms with Crippen LogP contribution in [0.2, 0.25) is 5.02 Å². The number of hydrogen-bond acceptors (Lipinski definition) is 5. The highest BCUT2D eigenvalue weighted by Gasteiger charge is 2.30. The number of carbonyl (C=O) groups is 1. The molecule has 0 aliphatic carbocycles. The van der Waals surface area contributed by atoms with E-state index in [4.69, 9.17) is 11.6 Å². The molecule has 0 saturated heterocycles. The Balaban J connectivity index is 2.21. The van der Waals surface area contributed by atoms with E-state index in [1.54, 1.807) is 26.1 Å². The van der Waals surface area contributed by atoms with Crippen molar-refractivity contribution < 1.29 is 22.7 Å². The van der Waals surface area contributed by atoms with Crippen LogP contribution in [0.25, 0.3) is 0 Å². The van der Waals surface area contributed by atoms with Gasteiger partial charge in [0.15, 0.2) is 12.9 Å². The number of alkyl halides is 3.